The van der Waals surface area contributed by atoms with Gasteiger partial charge in [0.25, 0.3) is 0 Å². The smallest absolute Gasteiger partial charge is 0.331 e. The van der Waals surface area contributed by atoms with Crippen LogP contribution in [0.3, 0.4) is 0 Å². The van der Waals surface area contributed by atoms with Gasteiger partial charge < -0.3 is 33.5 Å². The molecule has 2 saturated carbocycles. The number of carbonyl (C=O) groups excluding carboxylic acids is 4. The molecule has 1 N–H and O–H groups in total. The Labute approximate surface area is 274 Å². The summed E-state index contributed by atoms with van der Waals surface area (Å²) in [5, 5.41) is 12.5. The van der Waals surface area contributed by atoms with Crippen LogP contribution in [0.2, 0.25) is 0 Å². The molecule has 47 heavy (non-hydrogen) atoms. The Balaban J connectivity index is 1.78. The number of rotatable bonds is 9. The minimum atomic E-state index is -1.89. The van der Waals surface area contributed by atoms with Crippen molar-refractivity contribution in [1.29, 1.82) is 0 Å². The van der Waals surface area contributed by atoms with Crippen LogP contribution < -0.4 is 4.74 Å². The number of fused-ring (bicyclic) bond motifs is 1. The third-order valence-corrected chi connectivity index (χ3v) is 9.66. The van der Waals surface area contributed by atoms with Crippen molar-refractivity contribution in [3.63, 3.8) is 0 Å². The average molecular weight is 651 g/mol. The van der Waals surface area contributed by atoms with Crippen molar-refractivity contribution < 1.29 is 52.7 Å². The minimum Gasteiger partial charge on any atom is -0.486 e. The predicted molar refractivity (Wildman–Crippen MR) is 168 cm³/mol. The largest absolute Gasteiger partial charge is 0.486 e. The van der Waals surface area contributed by atoms with Crippen molar-refractivity contribution in [3.05, 3.63) is 72.3 Å². The summed E-state index contributed by atoms with van der Waals surface area (Å²) >= 11 is 0. The molecule has 2 aromatic carbocycles. The predicted octanol–water partition coefficient (Wildman–Crippen LogP) is 4.19. The molecule has 8 atom stereocenters. The molecule has 11 heteroatoms. The summed E-state index contributed by atoms with van der Waals surface area (Å²) in [6.45, 7) is 8.24. The molecule has 0 aromatic heterocycles. The van der Waals surface area contributed by atoms with Gasteiger partial charge in [-0.2, -0.15) is 0 Å². The number of para-hydroxylation sites is 1. The Morgan fingerprint density at radius 3 is 2.06 bits per heavy atom. The summed E-state index contributed by atoms with van der Waals surface area (Å²) in [5.41, 5.74) is -5.89. The fourth-order valence-corrected chi connectivity index (χ4v) is 8.03. The van der Waals surface area contributed by atoms with Crippen LogP contribution in [0.25, 0.3) is 6.08 Å². The molecule has 1 spiro atoms. The van der Waals surface area contributed by atoms with Crippen LogP contribution in [0.4, 0.5) is 0 Å². The summed E-state index contributed by atoms with van der Waals surface area (Å²) in [5.74, 6) is -3.21. The molecule has 0 amide bonds. The standard InChI is InChI=1S/C36H42O11/c1-22(37)42-21-35-27(46-28(40)18-17-25-13-9-7-10-14-25)19-20-34(6,41)36(35)31(44-24(3)39)29(33(4,5)47-36)30(43-23(2)38)32(35)45-26-15-11-8-12-16-26/h7-18,27,29-32,41H,19-21H2,1-6H3. The molecule has 1 aliphatic heterocycles. The second-order valence-corrected chi connectivity index (χ2v) is 13.2. The summed E-state index contributed by atoms with van der Waals surface area (Å²) in [6, 6.07) is 17.9. The topological polar surface area (TPSA) is 144 Å². The molecular formula is C36H42O11. The van der Waals surface area contributed by atoms with E-state index in [9.17, 15) is 24.3 Å². The summed E-state index contributed by atoms with van der Waals surface area (Å²) < 4.78 is 37.8. The number of carbonyl (C=O) groups is 4. The van der Waals surface area contributed by atoms with Crippen molar-refractivity contribution in [2.75, 3.05) is 6.61 Å². The van der Waals surface area contributed by atoms with Crippen molar-refractivity contribution >= 4 is 30.0 Å². The monoisotopic (exact) mass is 650 g/mol. The van der Waals surface area contributed by atoms with Crippen molar-refractivity contribution in [2.45, 2.75) is 95.6 Å². The van der Waals surface area contributed by atoms with Gasteiger partial charge in [-0.3, -0.25) is 14.4 Å². The Morgan fingerprint density at radius 2 is 1.47 bits per heavy atom. The summed E-state index contributed by atoms with van der Waals surface area (Å²) in [7, 11) is 0. The van der Waals surface area contributed by atoms with E-state index in [-0.39, 0.29) is 12.8 Å². The Bertz CT molecular complexity index is 1520. The van der Waals surface area contributed by atoms with Gasteiger partial charge in [0.2, 0.25) is 0 Å². The molecule has 3 aliphatic rings. The maximum Gasteiger partial charge on any atom is 0.331 e. The third kappa shape index (κ3) is 6.02. The maximum atomic E-state index is 13.6. The van der Waals surface area contributed by atoms with Gasteiger partial charge in [-0.15, -0.1) is 0 Å². The van der Waals surface area contributed by atoms with Gasteiger partial charge in [-0.1, -0.05) is 48.5 Å². The van der Waals surface area contributed by atoms with Crippen LogP contribution in [0.5, 0.6) is 5.75 Å². The van der Waals surface area contributed by atoms with Gasteiger partial charge in [0, 0.05) is 26.8 Å². The molecule has 2 aliphatic carbocycles. The zero-order valence-corrected chi connectivity index (χ0v) is 27.5. The highest BCUT2D eigenvalue weighted by Crippen LogP contribution is 2.69. The third-order valence-electron chi connectivity index (χ3n) is 9.66. The Morgan fingerprint density at radius 1 is 0.851 bits per heavy atom. The van der Waals surface area contributed by atoms with E-state index >= 15 is 0 Å². The van der Waals surface area contributed by atoms with Crippen molar-refractivity contribution in [2.24, 2.45) is 11.3 Å². The molecular weight excluding hydrogens is 608 g/mol. The van der Waals surface area contributed by atoms with E-state index < -0.39 is 83.0 Å². The Kier molecular flexibility index (Phi) is 9.27. The fourth-order valence-electron chi connectivity index (χ4n) is 8.03. The van der Waals surface area contributed by atoms with Gasteiger partial charge in [0.15, 0.2) is 11.7 Å². The van der Waals surface area contributed by atoms with Gasteiger partial charge >= 0.3 is 23.9 Å². The van der Waals surface area contributed by atoms with E-state index in [1.807, 2.05) is 30.3 Å². The lowest BCUT2D eigenvalue weighted by molar-refractivity contribution is -0.346. The second-order valence-electron chi connectivity index (χ2n) is 13.2. The summed E-state index contributed by atoms with van der Waals surface area (Å²) in [6.07, 6.45) is -1.84. The summed E-state index contributed by atoms with van der Waals surface area (Å²) in [4.78, 5) is 51.8. The lowest BCUT2D eigenvalue weighted by Gasteiger charge is -2.65. The molecule has 11 nitrogen and oxygen atoms in total. The minimum absolute atomic E-state index is 0.0476. The first kappa shape index (κ1) is 34.1. The van der Waals surface area contributed by atoms with Crippen molar-refractivity contribution in [3.8, 4) is 5.75 Å². The van der Waals surface area contributed by atoms with Crippen LogP contribution in [0.1, 0.15) is 59.9 Å². The first-order valence-corrected chi connectivity index (χ1v) is 15.7. The van der Waals surface area contributed by atoms with Gasteiger partial charge in [-0.25, -0.2) is 4.79 Å². The number of hydrogen-bond donors (Lipinski definition) is 1. The van der Waals surface area contributed by atoms with Crippen LogP contribution in [-0.2, 0) is 42.9 Å². The molecule has 8 unspecified atom stereocenters. The first-order valence-electron chi connectivity index (χ1n) is 15.7. The van der Waals surface area contributed by atoms with E-state index in [2.05, 4.69) is 0 Å². The molecule has 252 valence electrons. The molecule has 1 saturated heterocycles. The number of benzene rings is 2. The van der Waals surface area contributed by atoms with E-state index in [1.165, 1.54) is 26.8 Å². The highest BCUT2D eigenvalue weighted by molar-refractivity contribution is 5.87. The van der Waals surface area contributed by atoms with Gasteiger partial charge in [0.1, 0.15) is 36.1 Å². The molecule has 5 rings (SSSR count). The number of ether oxygens (including phenoxy) is 6. The van der Waals surface area contributed by atoms with E-state index in [1.54, 1.807) is 57.2 Å². The quantitative estimate of drug-likeness (QED) is 0.237. The lowest BCUT2D eigenvalue weighted by Crippen LogP contribution is -2.84. The molecule has 2 aromatic rings. The van der Waals surface area contributed by atoms with Crippen LogP contribution in [0, 0.1) is 11.3 Å². The molecule has 3 fully saturated rings. The number of esters is 4. The van der Waals surface area contributed by atoms with Crippen LogP contribution in [0.15, 0.2) is 66.7 Å². The maximum absolute atomic E-state index is 13.6. The zero-order chi connectivity index (χ0) is 34.2. The Hall–Kier alpha value is -4.22. The van der Waals surface area contributed by atoms with Crippen LogP contribution >= 0.6 is 0 Å². The zero-order valence-electron chi connectivity index (χ0n) is 27.5. The second kappa shape index (κ2) is 12.8. The lowest BCUT2D eigenvalue weighted by atomic mass is 9.46. The molecule has 1 heterocycles. The van der Waals surface area contributed by atoms with Gasteiger partial charge in [0.05, 0.1) is 17.1 Å². The van der Waals surface area contributed by atoms with E-state index in [0.717, 1.165) is 5.56 Å². The van der Waals surface area contributed by atoms with E-state index in [0.29, 0.717) is 5.75 Å². The normalized spacial score (nSPS) is 33.7. The number of aliphatic hydroxyl groups is 1. The SMILES string of the molecule is CC(=O)OCC12C(OC(=O)C=Cc3ccccc3)CCC(C)(O)C13OC(C)(C)C(C(OC(C)=O)C2Oc1ccccc1)C3OC(C)=O. The van der Waals surface area contributed by atoms with Gasteiger partial charge in [-0.05, 0) is 57.4 Å². The molecule has 2 bridgehead atoms. The van der Waals surface area contributed by atoms with Crippen molar-refractivity contribution in [1.82, 2.24) is 0 Å². The fraction of sp³-hybridized carbons (Fsp3) is 0.500. The average Bonchev–Trinajstić information content (AvgIpc) is 3.20. The highest BCUT2D eigenvalue weighted by Gasteiger charge is 2.87. The first-order chi connectivity index (χ1) is 22.1. The van der Waals surface area contributed by atoms with Crippen LogP contribution in [-0.4, -0.2) is 76.8 Å². The number of hydrogen-bond acceptors (Lipinski definition) is 11. The molecule has 0 radical (unpaired) electrons. The van der Waals surface area contributed by atoms with E-state index in [4.69, 9.17) is 28.4 Å². The highest BCUT2D eigenvalue weighted by atomic mass is 16.6.